The first-order valence-electron chi connectivity index (χ1n) is 9.20. The van der Waals surface area contributed by atoms with Crippen LogP contribution >= 0.6 is 0 Å². The monoisotopic (exact) mass is 373 g/mol. The molecule has 1 aromatic carbocycles. The van der Waals surface area contributed by atoms with Gasteiger partial charge in [-0.15, -0.1) is 0 Å². The Hall–Kier alpha value is -2.90. The standard InChI is InChI=1S/C19H23N3O5/c23-16(24)12-20-15-9-5-4-8-14(15)17(25)22-11-10-21(18(26)19(22)27)13-6-2-1-3-7-13/h4-5,8-9,13,20H,1-3,6-7,10-12H2,(H,23,24). The normalized spacial score (nSPS) is 18.5. The lowest BCUT2D eigenvalue weighted by molar-refractivity contribution is -0.156. The molecule has 1 aliphatic carbocycles. The molecule has 1 saturated carbocycles. The van der Waals surface area contributed by atoms with Crippen molar-refractivity contribution in [2.24, 2.45) is 0 Å². The van der Waals surface area contributed by atoms with Gasteiger partial charge in [0.2, 0.25) is 0 Å². The van der Waals surface area contributed by atoms with Gasteiger partial charge >= 0.3 is 17.8 Å². The molecule has 0 spiro atoms. The molecule has 8 nitrogen and oxygen atoms in total. The van der Waals surface area contributed by atoms with E-state index in [0.29, 0.717) is 12.2 Å². The number of aliphatic carboxylic acids is 1. The molecule has 1 aromatic rings. The number of benzene rings is 1. The molecule has 1 heterocycles. The first-order chi connectivity index (χ1) is 13.0. The van der Waals surface area contributed by atoms with Crippen LogP contribution in [0.1, 0.15) is 42.5 Å². The lowest BCUT2D eigenvalue weighted by Gasteiger charge is -2.39. The number of nitrogens with zero attached hydrogens (tertiary/aromatic N) is 2. The van der Waals surface area contributed by atoms with E-state index in [0.717, 1.165) is 37.0 Å². The predicted octanol–water partition coefficient (Wildman–Crippen LogP) is 1.33. The third-order valence-electron chi connectivity index (χ3n) is 5.10. The molecule has 1 aliphatic heterocycles. The van der Waals surface area contributed by atoms with Crippen LogP contribution in [0.2, 0.25) is 0 Å². The van der Waals surface area contributed by atoms with Crippen molar-refractivity contribution in [3.05, 3.63) is 29.8 Å². The zero-order chi connectivity index (χ0) is 19.4. The number of anilines is 1. The van der Waals surface area contributed by atoms with Gasteiger partial charge in [0, 0.05) is 24.8 Å². The van der Waals surface area contributed by atoms with Crippen LogP contribution in [-0.4, -0.2) is 64.3 Å². The molecule has 0 aromatic heterocycles. The number of rotatable bonds is 5. The lowest BCUT2D eigenvalue weighted by atomic mass is 9.93. The number of hydrogen-bond acceptors (Lipinski definition) is 5. The molecule has 0 atom stereocenters. The van der Waals surface area contributed by atoms with Gasteiger partial charge in [0.1, 0.15) is 6.54 Å². The van der Waals surface area contributed by atoms with E-state index in [1.54, 1.807) is 23.1 Å². The summed E-state index contributed by atoms with van der Waals surface area (Å²) in [5, 5.41) is 11.5. The minimum atomic E-state index is -1.07. The number of piperazine rings is 1. The molecule has 2 fully saturated rings. The van der Waals surface area contributed by atoms with Gasteiger partial charge in [-0.1, -0.05) is 31.4 Å². The van der Waals surface area contributed by atoms with Gasteiger partial charge in [-0.25, -0.2) is 0 Å². The van der Waals surface area contributed by atoms with Crippen LogP contribution in [0.3, 0.4) is 0 Å². The number of amides is 3. The molecule has 3 amide bonds. The number of para-hydroxylation sites is 1. The van der Waals surface area contributed by atoms with E-state index in [9.17, 15) is 19.2 Å². The smallest absolute Gasteiger partial charge is 0.322 e. The highest BCUT2D eigenvalue weighted by molar-refractivity contribution is 6.39. The number of hydrogen-bond donors (Lipinski definition) is 2. The van der Waals surface area contributed by atoms with Crippen LogP contribution in [0.15, 0.2) is 24.3 Å². The third kappa shape index (κ3) is 4.10. The molecule has 2 aliphatic rings. The Morgan fingerprint density at radius 1 is 1.04 bits per heavy atom. The average Bonchev–Trinajstić information content (AvgIpc) is 2.69. The SMILES string of the molecule is O=C(O)CNc1ccccc1C(=O)N1CCN(C2CCCCC2)C(=O)C1=O. The molecule has 8 heteroatoms. The molecule has 0 unspecified atom stereocenters. The number of carboxylic acids is 1. The van der Waals surface area contributed by atoms with Crippen molar-refractivity contribution in [2.45, 2.75) is 38.1 Å². The van der Waals surface area contributed by atoms with Crippen molar-refractivity contribution in [3.8, 4) is 0 Å². The summed E-state index contributed by atoms with van der Waals surface area (Å²) in [7, 11) is 0. The number of carbonyl (C=O) groups excluding carboxylic acids is 3. The minimum Gasteiger partial charge on any atom is -0.480 e. The van der Waals surface area contributed by atoms with Crippen LogP contribution < -0.4 is 5.32 Å². The minimum absolute atomic E-state index is 0.0805. The van der Waals surface area contributed by atoms with Crippen molar-refractivity contribution >= 4 is 29.4 Å². The van der Waals surface area contributed by atoms with Crippen LogP contribution in [0, 0.1) is 0 Å². The molecule has 144 valence electrons. The van der Waals surface area contributed by atoms with Crippen LogP contribution in [0.4, 0.5) is 5.69 Å². The second-order valence-electron chi connectivity index (χ2n) is 6.85. The van der Waals surface area contributed by atoms with Gasteiger partial charge in [0.15, 0.2) is 0 Å². The topological polar surface area (TPSA) is 107 Å². The van der Waals surface area contributed by atoms with Crippen molar-refractivity contribution in [3.63, 3.8) is 0 Å². The first-order valence-corrected chi connectivity index (χ1v) is 9.20. The van der Waals surface area contributed by atoms with Crippen molar-refractivity contribution < 1.29 is 24.3 Å². The van der Waals surface area contributed by atoms with Crippen LogP contribution in [0.5, 0.6) is 0 Å². The van der Waals surface area contributed by atoms with Crippen molar-refractivity contribution in [1.82, 2.24) is 9.80 Å². The molecular weight excluding hydrogens is 350 g/mol. The van der Waals surface area contributed by atoms with E-state index >= 15 is 0 Å². The number of nitrogens with one attached hydrogen (secondary N) is 1. The molecule has 3 rings (SSSR count). The molecule has 2 N–H and O–H groups in total. The van der Waals surface area contributed by atoms with E-state index in [1.165, 1.54) is 6.07 Å². The van der Waals surface area contributed by atoms with Crippen molar-refractivity contribution in [1.29, 1.82) is 0 Å². The molecule has 1 saturated heterocycles. The summed E-state index contributed by atoms with van der Waals surface area (Å²) in [6.07, 6.45) is 5.04. The highest BCUT2D eigenvalue weighted by atomic mass is 16.4. The highest BCUT2D eigenvalue weighted by Gasteiger charge is 2.39. The van der Waals surface area contributed by atoms with Gasteiger partial charge in [-0.2, -0.15) is 0 Å². The third-order valence-corrected chi connectivity index (χ3v) is 5.10. The molecule has 0 radical (unpaired) electrons. The lowest BCUT2D eigenvalue weighted by Crippen LogP contribution is -2.59. The Morgan fingerprint density at radius 3 is 2.44 bits per heavy atom. The quantitative estimate of drug-likeness (QED) is 0.596. The zero-order valence-corrected chi connectivity index (χ0v) is 15.0. The summed E-state index contributed by atoms with van der Waals surface area (Å²) in [6.45, 7) is 0.130. The molecule has 0 bridgehead atoms. The van der Waals surface area contributed by atoms with E-state index in [-0.39, 0.29) is 24.7 Å². The van der Waals surface area contributed by atoms with Crippen LogP contribution in [0.25, 0.3) is 0 Å². The Bertz CT molecular complexity index is 757. The Labute approximate surface area is 157 Å². The van der Waals surface area contributed by atoms with E-state index in [1.807, 2.05) is 0 Å². The number of carboxylic acid groups (broad SMARTS) is 1. The summed E-state index contributed by atoms with van der Waals surface area (Å²) in [5.41, 5.74) is 0.492. The fourth-order valence-corrected chi connectivity index (χ4v) is 3.72. The maximum atomic E-state index is 12.9. The maximum absolute atomic E-state index is 12.9. The summed E-state index contributed by atoms with van der Waals surface area (Å²) in [5.74, 6) is -3.10. The molecular formula is C19H23N3O5. The van der Waals surface area contributed by atoms with Gasteiger partial charge in [-0.3, -0.25) is 24.1 Å². The van der Waals surface area contributed by atoms with Crippen LogP contribution in [-0.2, 0) is 14.4 Å². The fraction of sp³-hybridized carbons (Fsp3) is 0.474. The number of carbonyl (C=O) groups is 4. The zero-order valence-electron chi connectivity index (χ0n) is 15.0. The summed E-state index contributed by atoms with van der Waals surface area (Å²) in [4.78, 5) is 51.3. The predicted molar refractivity (Wildman–Crippen MR) is 97.2 cm³/mol. The van der Waals surface area contributed by atoms with Gasteiger partial charge < -0.3 is 15.3 Å². The molecule has 27 heavy (non-hydrogen) atoms. The Balaban J connectivity index is 1.74. The van der Waals surface area contributed by atoms with Gasteiger partial charge in [0.05, 0.1) is 5.56 Å². The second-order valence-corrected chi connectivity index (χ2v) is 6.85. The van der Waals surface area contributed by atoms with Gasteiger partial charge in [-0.05, 0) is 25.0 Å². The summed E-state index contributed by atoms with van der Waals surface area (Å²) >= 11 is 0. The average molecular weight is 373 g/mol. The Morgan fingerprint density at radius 2 is 1.74 bits per heavy atom. The first kappa shape index (κ1) is 18.9. The van der Waals surface area contributed by atoms with E-state index in [2.05, 4.69) is 5.32 Å². The Kier molecular flexibility index (Phi) is 5.73. The maximum Gasteiger partial charge on any atom is 0.322 e. The number of imide groups is 1. The summed E-state index contributed by atoms with van der Waals surface area (Å²) in [6, 6.07) is 6.45. The fourth-order valence-electron chi connectivity index (χ4n) is 3.72. The van der Waals surface area contributed by atoms with Gasteiger partial charge in [0.25, 0.3) is 5.91 Å². The van der Waals surface area contributed by atoms with E-state index < -0.39 is 23.7 Å². The van der Waals surface area contributed by atoms with E-state index in [4.69, 9.17) is 5.11 Å². The summed E-state index contributed by atoms with van der Waals surface area (Å²) < 4.78 is 0. The van der Waals surface area contributed by atoms with Crippen molar-refractivity contribution in [2.75, 3.05) is 25.0 Å². The second kappa shape index (κ2) is 8.20. The largest absolute Gasteiger partial charge is 0.480 e. The highest BCUT2D eigenvalue weighted by Crippen LogP contribution is 2.25.